The molecule has 3 aromatic rings. The minimum atomic E-state index is -0.480. The first kappa shape index (κ1) is 13.2. The zero-order valence-electron chi connectivity index (χ0n) is 11.3. The Morgan fingerprint density at radius 3 is 2.48 bits per heavy atom. The second kappa shape index (κ2) is 6.13. The first-order chi connectivity index (χ1) is 10.3. The molecule has 0 saturated heterocycles. The van der Waals surface area contributed by atoms with Crippen molar-refractivity contribution in [2.24, 2.45) is 0 Å². The van der Waals surface area contributed by atoms with Gasteiger partial charge in [-0.2, -0.15) is 4.39 Å². The van der Waals surface area contributed by atoms with Gasteiger partial charge in [-0.1, -0.05) is 36.4 Å². The third-order valence-electron chi connectivity index (χ3n) is 3.14. The van der Waals surface area contributed by atoms with Gasteiger partial charge in [-0.3, -0.25) is 4.98 Å². The fraction of sp³-hybridized carbons (Fsp3) is 0.0588. The van der Waals surface area contributed by atoms with Gasteiger partial charge in [-0.15, -0.1) is 0 Å². The molecule has 0 fully saturated rings. The van der Waals surface area contributed by atoms with Crippen molar-refractivity contribution in [1.29, 1.82) is 0 Å². The first-order valence-electron chi connectivity index (χ1n) is 6.67. The normalized spacial score (nSPS) is 10.3. The summed E-state index contributed by atoms with van der Waals surface area (Å²) in [6.07, 6.45) is 3.59. The Bertz CT molecular complexity index is 712. The lowest BCUT2D eigenvalue weighted by Gasteiger charge is -2.07. The molecule has 0 aliphatic carbocycles. The van der Waals surface area contributed by atoms with E-state index in [-0.39, 0.29) is 0 Å². The maximum atomic E-state index is 13.0. The van der Waals surface area contributed by atoms with Crippen LogP contribution >= 0.6 is 0 Å². The topological polar surface area (TPSA) is 37.8 Å². The van der Waals surface area contributed by atoms with Gasteiger partial charge in [0.2, 0.25) is 5.95 Å². The average Bonchev–Trinajstić information content (AvgIpc) is 2.54. The molecule has 1 N–H and O–H groups in total. The summed E-state index contributed by atoms with van der Waals surface area (Å²) < 4.78 is 13.0. The van der Waals surface area contributed by atoms with E-state index in [1.54, 1.807) is 18.3 Å². The molecule has 0 unspecified atom stereocenters. The van der Waals surface area contributed by atoms with Crippen LogP contribution in [-0.4, -0.2) is 9.97 Å². The maximum absolute atomic E-state index is 13.0. The predicted molar refractivity (Wildman–Crippen MR) is 81.2 cm³/mol. The fourth-order valence-electron chi connectivity index (χ4n) is 2.05. The second-order valence-corrected chi connectivity index (χ2v) is 4.64. The van der Waals surface area contributed by atoms with Crippen molar-refractivity contribution in [2.75, 3.05) is 5.32 Å². The minimum Gasteiger partial charge on any atom is -0.366 e. The van der Waals surface area contributed by atoms with Gasteiger partial charge in [-0.25, -0.2) is 4.98 Å². The van der Waals surface area contributed by atoms with Gasteiger partial charge in [-0.05, 0) is 34.9 Å². The summed E-state index contributed by atoms with van der Waals surface area (Å²) in [4.78, 5) is 7.88. The first-order valence-corrected chi connectivity index (χ1v) is 6.67. The van der Waals surface area contributed by atoms with Crippen LogP contribution in [-0.2, 0) is 6.54 Å². The Hall–Kier alpha value is -2.75. The fourth-order valence-corrected chi connectivity index (χ4v) is 2.05. The number of anilines is 1. The lowest BCUT2D eigenvalue weighted by molar-refractivity contribution is 0.585. The standard InChI is InChI=1S/C17H14FN3/c18-16-4-1-5-17(21-16)20-11-13-6-8-14(9-7-13)15-3-2-10-19-12-15/h1-10,12H,11H2,(H,20,21). The summed E-state index contributed by atoms with van der Waals surface area (Å²) in [5.41, 5.74) is 3.31. The van der Waals surface area contributed by atoms with Crippen molar-refractivity contribution in [2.45, 2.75) is 6.54 Å². The highest BCUT2D eigenvalue weighted by Gasteiger charge is 1.99. The summed E-state index contributed by atoms with van der Waals surface area (Å²) in [5, 5.41) is 3.10. The molecule has 0 bridgehead atoms. The number of pyridine rings is 2. The summed E-state index contributed by atoms with van der Waals surface area (Å²) in [6.45, 7) is 0.601. The number of halogens is 1. The van der Waals surface area contributed by atoms with Gasteiger partial charge in [0, 0.05) is 18.9 Å². The molecule has 2 heterocycles. The van der Waals surface area contributed by atoms with E-state index in [1.165, 1.54) is 6.07 Å². The SMILES string of the molecule is Fc1cccc(NCc2ccc(-c3cccnc3)cc2)n1. The maximum Gasteiger partial charge on any atom is 0.214 e. The molecule has 3 rings (SSSR count). The van der Waals surface area contributed by atoms with E-state index in [1.807, 2.05) is 42.6 Å². The average molecular weight is 279 g/mol. The van der Waals surface area contributed by atoms with E-state index in [0.29, 0.717) is 12.4 Å². The zero-order valence-corrected chi connectivity index (χ0v) is 11.3. The van der Waals surface area contributed by atoms with Crippen LogP contribution in [0.1, 0.15) is 5.56 Å². The zero-order chi connectivity index (χ0) is 14.5. The number of rotatable bonds is 4. The van der Waals surface area contributed by atoms with E-state index in [9.17, 15) is 4.39 Å². The van der Waals surface area contributed by atoms with Crippen LogP contribution in [0.3, 0.4) is 0 Å². The van der Waals surface area contributed by atoms with E-state index >= 15 is 0 Å². The predicted octanol–water partition coefficient (Wildman–Crippen LogP) is 3.89. The molecule has 0 spiro atoms. The second-order valence-electron chi connectivity index (χ2n) is 4.64. The van der Waals surface area contributed by atoms with E-state index in [0.717, 1.165) is 16.7 Å². The lowest BCUT2D eigenvalue weighted by atomic mass is 10.1. The minimum absolute atomic E-state index is 0.480. The Labute approximate surface area is 122 Å². The molecule has 4 heteroatoms. The third kappa shape index (κ3) is 3.42. The molecule has 2 aromatic heterocycles. The Kier molecular flexibility index (Phi) is 3.87. The number of nitrogens with zero attached hydrogens (tertiary/aromatic N) is 2. The lowest BCUT2D eigenvalue weighted by Crippen LogP contribution is -2.01. The molecular weight excluding hydrogens is 265 g/mol. The highest BCUT2D eigenvalue weighted by Crippen LogP contribution is 2.18. The monoisotopic (exact) mass is 279 g/mol. The molecule has 0 saturated carbocycles. The number of benzene rings is 1. The van der Waals surface area contributed by atoms with Crippen molar-refractivity contribution >= 4 is 5.82 Å². The number of nitrogens with one attached hydrogen (secondary N) is 1. The molecule has 21 heavy (non-hydrogen) atoms. The van der Waals surface area contributed by atoms with Crippen LogP contribution < -0.4 is 5.32 Å². The summed E-state index contributed by atoms with van der Waals surface area (Å²) in [5.74, 6) is 0.0539. The molecule has 0 atom stereocenters. The molecule has 1 aromatic carbocycles. The molecule has 3 nitrogen and oxygen atoms in total. The van der Waals surface area contributed by atoms with Gasteiger partial charge in [0.25, 0.3) is 0 Å². The van der Waals surface area contributed by atoms with Crippen LogP contribution in [0.25, 0.3) is 11.1 Å². The van der Waals surface area contributed by atoms with Gasteiger partial charge in [0.05, 0.1) is 0 Å². The van der Waals surface area contributed by atoms with Gasteiger partial charge in [0.15, 0.2) is 0 Å². The smallest absolute Gasteiger partial charge is 0.214 e. The molecule has 104 valence electrons. The molecular formula is C17H14FN3. The molecule has 0 amide bonds. The molecule has 0 aliphatic rings. The van der Waals surface area contributed by atoms with Crippen LogP contribution in [0.15, 0.2) is 67.0 Å². The summed E-state index contributed by atoms with van der Waals surface area (Å²) in [6, 6.07) is 16.8. The van der Waals surface area contributed by atoms with Crippen LogP contribution in [0, 0.1) is 5.95 Å². The Morgan fingerprint density at radius 2 is 1.76 bits per heavy atom. The van der Waals surface area contributed by atoms with E-state index in [2.05, 4.69) is 15.3 Å². The van der Waals surface area contributed by atoms with Crippen molar-refractivity contribution in [3.8, 4) is 11.1 Å². The summed E-state index contributed by atoms with van der Waals surface area (Å²) in [7, 11) is 0. The van der Waals surface area contributed by atoms with Crippen LogP contribution in [0.5, 0.6) is 0 Å². The van der Waals surface area contributed by atoms with Crippen molar-refractivity contribution in [3.05, 3.63) is 78.5 Å². The summed E-state index contributed by atoms with van der Waals surface area (Å²) >= 11 is 0. The Balaban J connectivity index is 1.68. The highest BCUT2D eigenvalue weighted by atomic mass is 19.1. The van der Waals surface area contributed by atoms with Crippen LogP contribution in [0.4, 0.5) is 10.2 Å². The van der Waals surface area contributed by atoms with Gasteiger partial charge < -0.3 is 5.32 Å². The van der Waals surface area contributed by atoms with Crippen LogP contribution in [0.2, 0.25) is 0 Å². The number of hydrogen-bond acceptors (Lipinski definition) is 3. The van der Waals surface area contributed by atoms with E-state index < -0.39 is 5.95 Å². The van der Waals surface area contributed by atoms with Gasteiger partial charge >= 0.3 is 0 Å². The van der Waals surface area contributed by atoms with Crippen molar-refractivity contribution < 1.29 is 4.39 Å². The largest absolute Gasteiger partial charge is 0.366 e. The quantitative estimate of drug-likeness (QED) is 0.736. The van der Waals surface area contributed by atoms with Gasteiger partial charge in [0.1, 0.15) is 5.82 Å². The number of aromatic nitrogens is 2. The Morgan fingerprint density at radius 1 is 0.905 bits per heavy atom. The molecule has 0 radical (unpaired) electrons. The van der Waals surface area contributed by atoms with Crippen molar-refractivity contribution in [1.82, 2.24) is 9.97 Å². The van der Waals surface area contributed by atoms with Crippen molar-refractivity contribution in [3.63, 3.8) is 0 Å². The highest BCUT2D eigenvalue weighted by molar-refractivity contribution is 5.62. The number of hydrogen-bond donors (Lipinski definition) is 1. The third-order valence-corrected chi connectivity index (χ3v) is 3.14. The van der Waals surface area contributed by atoms with E-state index in [4.69, 9.17) is 0 Å². The molecule has 0 aliphatic heterocycles.